The minimum Gasteiger partial charge on any atom is -0.387 e. The van der Waals surface area contributed by atoms with Crippen LogP contribution in [0.5, 0.6) is 0 Å². The number of benzene rings is 1. The molecule has 0 fully saturated rings. The Morgan fingerprint density at radius 2 is 1.84 bits per heavy atom. The van der Waals surface area contributed by atoms with Crippen molar-refractivity contribution in [2.24, 2.45) is 5.92 Å². The predicted octanol–water partition coefficient (Wildman–Crippen LogP) is 3.89. The van der Waals surface area contributed by atoms with Gasteiger partial charge in [0.15, 0.2) is 17.5 Å². The van der Waals surface area contributed by atoms with Crippen molar-refractivity contribution in [1.82, 2.24) is 4.98 Å². The number of fused-ring (bicyclic) bond motifs is 1. The summed E-state index contributed by atoms with van der Waals surface area (Å²) in [7, 11) is 1.61. The molecular weight excluding hydrogens is 253 g/mol. The van der Waals surface area contributed by atoms with Crippen LogP contribution in [0.25, 0.3) is 10.9 Å². The maximum atomic E-state index is 13.8. The zero-order chi connectivity index (χ0) is 14.2. The van der Waals surface area contributed by atoms with Gasteiger partial charge in [0.1, 0.15) is 0 Å². The maximum Gasteiger partial charge on any atom is 0.195 e. The predicted molar refractivity (Wildman–Crippen MR) is 69.7 cm³/mol. The second-order valence-corrected chi connectivity index (χ2v) is 4.89. The van der Waals surface area contributed by atoms with Crippen molar-refractivity contribution in [2.45, 2.75) is 20.3 Å². The van der Waals surface area contributed by atoms with E-state index >= 15 is 0 Å². The minimum absolute atomic E-state index is 0.0195. The van der Waals surface area contributed by atoms with Gasteiger partial charge in [-0.1, -0.05) is 13.8 Å². The highest BCUT2D eigenvalue weighted by atomic mass is 19.2. The molecule has 0 saturated carbocycles. The molecule has 0 unspecified atom stereocenters. The van der Waals surface area contributed by atoms with Crippen molar-refractivity contribution in [1.29, 1.82) is 0 Å². The van der Waals surface area contributed by atoms with Crippen molar-refractivity contribution < 1.29 is 13.2 Å². The van der Waals surface area contributed by atoms with Crippen molar-refractivity contribution in [3.63, 3.8) is 0 Å². The molecule has 102 valence electrons. The van der Waals surface area contributed by atoms with Crippen LogP contribution in [0.4, 0.5) is 18.9 Å². The van der Waals surface area contributed by atoms with Crippen LogP contribution in [0.3, 0.4) is 0 Å². The molecule has 0 aliphatic rings. The SMILES string of the molecule is CNc1cc(CC(C)C)nc2cc(F)c(F)c(F)c12. The van der Waals surface area contributed by atoms with Crippen LogP contribution in [0.15, 0.2) is 12.1 Å². The number of halogens is 3. The molecule has 1 aromatic heterocycles. The van der Waals surface area contributed by atoms with E-state index < -0.39 is 17.5 Å². The van der Waals surface area contributed by atoms with Crippen molar-refractivity contribution >= 4 is 16.6 Å². The monoisotopic (exact) mass is 268 g/mol. The van der Waals surface area contributed by atoms with E-state index in [-0.39, 0.29) is 10.9 Å². The number of hydrogen-bond donors (Lipinski definition) is 1. The Balaban J connectivity index is 2.73. The number of nitrogens with one attached hydrogen (secondary N) is 1. The zero-order valence-corrected chi connectivity index (χ0v) is 11.0. The lowest BCUT2D eigenvalue weighted by Crippen LogP contribution is -2.03. The molecule has 0 radical (unpaired) electrons. The van der Waals surface area contributed by atoms with E-state index in [1.807, 2.05) is 13.8 Å². The summed E-state index contributed by atoms with van der Waals surface area (Å²) in [5.41, 5.74) is 1.26. The molecule has 0 bridgehead atoms. The Bertz CT molecular complexity index is 624. The molecule has 19 heavy (non-hydrogen) atoms. The molecule has 1 heterocycles. The van der Waals surface area contributed by atoms with Gasteiger partial charge in [0, 0.05) is 24.5 Å². The fraction of sp³-hybridized carbons (Fsp3) is 0.357. The number of nitrogens with zero attached hydrogens (tertiary/aromatic N) is 1. The van der Waals surface area contributed by atoms with Crippen molar-refractivity contribution in [3.8, 4) is 0 Å². The average molecular weight is 268 g/mol. The molecule has 0 amide bonds. The molecule has 1 aromatic carbocycles. The minimum atomic E-state index is -1.47. The van der Waals surface area contributed by atoms with Crippen molar-refractivity contribution in [2.75, 3.05) is 12.4 Å². The third kappa shape index (κ3) is 2.50. The van der Waals surface area contributed by atoms with Gasteiger partial charge in [0.25, 0.3) is 0 Å². The first-order valence-electron chi connectivity index (χ1n) is 6.09. The number of pyridine rings is 1. The van der Waals surface area contributed by atoms with E-state index in [1.54, 1.807) is 13.1 Å². The Morgan fingerprint density at radius 3 is 2.42 bits per heavy atom. The molecule has 0 spiro atoms. The van der Waals surface area contributed by atoms with Crippen LogP contribution in [-0.4, -0.2) is 12.0 Å². The van der Waals surface area contributed by atoms with Gasteiger partial charge in [-0.05, 0) is 18.4 Å². The first-order chi connectivity index (χ1) is 8.93. The highest BCUT2D eigenvalue weighted by Gasteiger charge is 2.18. The summed E-state index contributed by atoms with van der Waals surface area (Å²) in [4.78, 5) is 4.20. The quantitative estimate of drug-likeness (QED) is 0.854. The lowest BCUT2D eigenvalue weighted by atomic mass is 10.0. The number of anilines is 1. The molecule has 0 atom stereocenters. The largest absolute Gasteiger partial charge is 0.387 e. The average Bonchev–Trinajstić information content (AvgIpc) is 2.34. The Morgan fingerprint density at radius 1 is 1.16 bits per heavy atom. The van der Waals surface area contributed by atoms with Crippen LogP contribution in [0.1, 0.15) is 19.5 Å². The van der Waals surface area contributed by atoms with E-state index in [4.69, 9.17) is 0 Å². The Hall–Kier alpha value is -1.78. The summed E-state index contributed by atoms with van der Waals surface area (Å²) in [6, 6.07) is 2.60. The smallest absolute Gasteiger partial charge is 0.195 e. The lowest BCUT2D eigenvalue weighted by molar-refractivity contribution is 0.453. The van der Waals surface area contributed by atoms with E-state index in [9.17, 15) is 13.2 Å². The Kier molecular flexibility index (Phi) is 3.64. The lowest BCUT2D eigenvalue weighted by Gasteiger charge is -2.12. The fourth-order valence-corrected chi connectivity index (χ4v) is 2.07. The summed E-state index contributed by atoms with van der Waals surface area (Å²) >= 11 is 0. The van der Waals surface area contributed by atoms with E-state index in [0.717, 1.165) is 11.8 Å². The normalized spacial score (nSPS) is 11.3. The van der Waals surface area contributed by atoms with Gasteiger partial charge in [-0.15, -0.1) is 0 Å². The maximum absolute atomic E-state index is 13.8. The molecule has 1 N–H and O–H groups in total. The summed E-state index contributed by atoms with van der Waals surface area (Å²) < 4.78 is 40.4. The van der Waals surface area contributed by atoms with Crippen LogP contribution >= 0.6 is 0 Å². The van der Waals surface area contributed by atoms with Crippen LogP contribution in [0.2, 0.25) is 0 Å². The van der Waals surface area contributed by atoms with Crippen LogP contribution in [0, 0.1) is 23.4 Å². The van der Waals surface area contributed by atoms with Gasteiger partial charge >= 0.3 is 0 Å². The van der Waals surface area contributed by atoms with Gasteiger partial charge < -0.3 is 5.32 Å². The first kappa shape index (κ1) is 13.6. The standard InChI is InChI=1S/C14H15F3N2/c1-7(2)4-8-5-10(18-3)12-11(19-8)6-9(15)13(16)14(12)17/h5-7H,4H2,1-3H3,(H,18,19). The van der Waals surface area contributed by atoms with Crippen LogP contribution < -0.4 is 5.32 Å². The molecule has 5 heteroatoms. The van der Waals surface area contributed by atoms with Gasteiger partial charge in [-0.3, -0.25) is 4.98 Å². The second-order valence-electron chi connectivity index (χ2n) is 4.89. The Labute approximate surface area is 109 Å². The second kappa shape index (κ2) is 5.07. The summed E-state index contributed by atoms with van der Waals surface area (Å²) in [5.74, 6) is -3.53. The summed E-state index contributed by atoms with van der Waals surface area (Å²) in [5, 5.41) is 2.78. The summed E-state index contributed by atoms with van der Waals surface area (Å²) in [6.45, 7) is 4.05. The molecule has 0 aliphatic carbocycles. The third-order valence-corrected chi connectivity index (χ3v) is 2.87. The number of aromatic nitrogens is 1. The van der Waals surface area contributed by atoms with E-state index in [1.165, 1.54) is 0 Å². The molecule has 2 nitrogen and oxygen atoms in total. The molecule has 2 rings (SSSR count). The van der Waals surface area contributed by atoms with E-state index in [0.29, 0.717) is 18.0 Å². The number of rotatable bonds is 3. The first-order valence-corrected chi connectivity index (χ1v) is 6.09. The fourth-order valence-electron chi connectivity index (χ4n) is 2.07. The highest BCUT2D eigenvalue weighted by molar-refractivity contribution is 5.92. The van der Waals surface area contributed by atoms with Gasteiger partial charge in [0.05, 0.1) is 10.9 Å². The molecule has 0 saturated heterocycles. The zero-order valence-electron chi connectivity index (χ0n) is 11.0. The number of hydrogen-bond acceptors (Lipinski definition) is 2. The van der Waals surface area contributed by atoms with E-state index in [2.05, 4.69) is 10.3 Å². The summed E-state index contributed by atoms with van der Waals surface area (Å²) in [6.07, 6.45) is 0.686. The molecule has 2 aromatic rings. The topological polar surface area (TPSA) is 24.9 Å². The van der Waals surface area contributed by atoms with Crippen molar-refractivity contribution in [3.05, 3.63) is 35.3 Å². The van der Waals surface area contributed by atoms with Gasteiger partial charge in [-0.25, -0.2) is 13.2 Å². The highest BCUT2D eigenvalue weighted by Crippen LogP contribution is 2.29. The molecule has 0 aliphatic heterocycles. The third-order valence-electron chi connectivity index (χ3n) is 2.87. The van der Waals surface area contributed by atoms with Crippen LogP contribution in [-0.2, 0) is 6.42 Å². The van der Waals surface area contributed by atoms with Gasteiger partial charge in [0.2, 0.25) is 0 Å². The molecular formula is C14H15F3N2. The van der Waals surface area contributed by atoms with Gasteiger partial charge in [-0.2, -0.15) is 0 Å².